The fraction of sp³-hybridized carbons (Fsp3) is 0.269. The van der Waals surface area contributed by atoms with Gasteiger partial charge >= 0.3 is 0 Å². The summed E-state index contributed by atoms with van der Waals surface area (Å²) in [6.45, 7) is 4.18. The number of nitro benzene ring substituents is 1. The van der Waals surface area contributed by atoms with Gasteiger partial charge in [0.1, 0.15) is 5.69 Å². The van der Waals surface area contributed by atoms with Crippen molar-refractivity contribution in [3.05, 3.63) is 100 Å². The molecule has 1 saturated heterocycles. The van der Waals surface area contributed by atoms with Crippen molar-refractivity contribution in [2.75, 3.05) is 42.9 Å². The predicted molar refractivity (Wildman–Crippen MR) is 130 cm³/mol. The number of anilines is 2. The molecular weight excluding hydrogens is 414 g/mol. The predicted octanol–water partition coefficient (Wildman–Crippen LogP) is 4.83. The molecule has 0 amide bonds. The van der Waals surface area contributed by atoms with Gasteiger partial charge in [-0.3, -0.25) is 15.0 Å². The molecule has 33 heavy (non-hydrogen) atoms. The number of piperazine rings is 1. The van der Waals surface area contributed by atoms with E-state index in [0.717, 1.165) is 49.5 Å². The molecule has 1 fully saturated rings. The van der Waals surface area contributed by atoms with Crippen LogP contribution in [0.15, 0.2) is 78.9 Å². The van der Waals surface area contributed by atoms with Crippen LogP contribution in [0.5, 0.6) is 0 Å². The second kappa shape index (κ2) is 10.6. The summed E-state index contributed by atoms with van der Waals surface area (Å²) in [5.41, 5.74) is 3.59. The summed E-state index contributed by atoms with van der Waals surface area (Å²) in [4.78, 5) is 16.0. The van der Waals surface area contributed by atoms with Crippen LogP contribution in [0, 0.1) is 21.4 Å². The van der Waals surface area contributed by atoms with E-state index in [9.17, 15) is 10.1 Å². The number of hydrogen-bond donors (Lipinski definition) is 1. The molecular formula is C26H27N5O2. The van der Waals surface area contributed by atoms with E-state index >= 15 is 0 Å². The normalized spacial score (nSPS) is 14.1. The lowest BCUT2D eigenvalue weighted by Crippen LogP contribution is -2.46. The molecule has 1 heterocycles. The number of nitrogens with zero attached hydrogens (tertiary/aromatic N) is 4. The van der Waals surface area contributed by atoms with Gasteiger partial charge in [0.05, 0.1) is 17.0 Å². The molecule has 168 valence electrons. The molecule has 0 radical (unpaired) electrons. The molecule has 1 N–H and O–H groups in total. The van der Waals surface area contributed by atoms with Crippen molar-refractivity contribution in [1.29, 1.82) is 5.26 Å². The van der Waals surface area contributed by atoms with Gasteiger partial charge in [-0.1, -0.05) is 60.7 Å². The standard InChI is InChI=1S/C26H27N5O2/c27-14-7-15-29-16-18-30(19-17-29)23-12-13-25(31(32)33)24(20-23)28-26(21-8-3-1-4-9-21)22-10-5-2-6-11-22/h1-6,8-13,20,26,28H,7,15-19H2. The molecule has 0 spiro atoms. The summed E-state index contributed by atoms with van der Waals surface area (Å²) in [6.07, 6.45) is 0.534. The zero-order valence-electron chi connectivity index (χ0n) is 18.4. The lowest BCUT2D eigenvalue weighted by Gasteiger charge is -2.36. The van der Waals surface area contributed by atoms with Crippen LogP contribution < -0.4 is 10.2 Å². The average Bonchev–Trinajstić information content (AvgIpc) is 2.87. The summed E-state index contributed by atoms with van der Waals surface area (Å²) in [5.74, 6) is 0. The Labute approximate surface area is 194 Å². The first-order chi connectivity index (χ1) is 16.2. The molecule has 0 aromatic heterocycles. The molecule has 7 heteroatoms. The maximum Gasteiger partial charge on any atom is 0.292 e. The number of nitrogens with one attached hydrogen (secondary N) is 1. The molecule has 0 atom stereocenters. The minimum atomic E-state index is -0.334. The summed E-state index contributed by atoms with van der Waals surface area (Å²) >= 11 is 0. The van der Waals surface area contributed by atoms with Gasteiger partial charge in [-0.25, -0.2) is 0 Å². The Bertz CT molecular complexity index is 1070. The van der Waals surface area contributed by atoms with E-state index in [0.29, 0.717) is 12.1 Å². The molecule has 3 aromatic carbocycles. The van der Waals surface area contributed by atoms with Gasteiger partial charge in [0.25, 0.3) is 5.69 Å². The van der Waals surface area contributed by atoms with E-state index in [1.54, 1.807) is 6.07 Å². The third-order valence-corrected chi connectivity index (χ3v) is 6.02. The lowest BCUT2D eigenvalue weighted by molar-refractivity contribution is -0.384. The molecule has 0 unspecified atom stereocenters. The minimum absolute atomic E-state index is 0.0586. The molecule has 1 aliphatic rings. The Morgan fingerprint density at radius 1 is 0.939 bits per heavy atom. The minimum Gasteiger partial charge on any atom is -0.369 e. The van der Waals surface area contributed by atoms with Gasteiger partial charge in [0.15, 0.2) is 0 Å². The number of hydrogen-bond acceptors (Lipinski definition) is 6. The summed E-state index contributed by atoms with van der Waals surface area (Å²) in [6, 6.07) is 27.2. The van der Waals surface area contributed by atoms with Crippen LogP contribution >= 0.6 is 0 Å². The van der Waals surface area contributed by atoms with Gasteiger partial charge in [-0.05, 0) is 23.3 Å². The van der Waals surface area contributed by atoms with E-state index in [2.05, 4.69) is 21.2 Å². The van der Waals surface area contributed by atoms with Gasteiger partial charge in [0, 0.05) is 50.9 Å². The highest BCUT2D eigenvalue weighted by Crippen LogP contribution is 2.35. The van der Waals surface area contributed by atoms with Crippen LogP contribution in [0.2, 0.25) is 0 Å². The van der Waals surface area contributed by atoms with Crippen LogP contribution in [0.3, 0.4) is 0 Å². The summed E-state index contributed by atoms with van der Waals surface area (Å²) in [5, 5.41) is 24.1. The van der Waals surface area contributed by atoms with Crippen LogP contribution in [0.1, 0.15) is 23.6 Å². The van der Waals surface area contributed by atoms with Crippen molar-refractivity contribution in [3.63, 3.8) is 0 Å². The monoisotopic (exact) mass is 441 g/mol. The first kappa shape index (κ1) is 22.3. The van der Waals surface area contributed by atoms with Crippen molar-refractivity contribution >= 4 is 17.1 Å². The van der Waals surface area contributed by atoms with Crippen LogP contribution in [-0.4, -0.2) is 42.5 Å². The van der Waals surface area contributed by atoms with Crippen molar-refractivity contribution in [3.8, 4) is 6.07 Å². The smallest absolute Gasteiger partial charge is 0.292 e. The van der Waals surface area contributed by atoms with Crippen molar-refractivity contribution in [1.82, 2.24) is 4.90 Å². The fourth-order valence-corrected chi connectivity index (χ4v) is 4.24. The van der Waals surface area contributed by atoms with E-state index < -0.39 is 0 Å². The highest BCUT2D eigenvalue weighted by molar-refractivity contribution is 5.70. The van der Waals surface area contributed by atoms with Crippen LogP contribution in [-0.2, 0) is 0 Å². The van der Waals surface area contributed by atoms with Crippen LogP contribution in [0.4, 0.5) is 17.1 Å². The maximum absolute atomic E-state index is 11.8. The van der Waals surface area contributed by atoms with Crippen molar-refractivity contribution in [2.45, 2.75) is 12.5 Å². The Morgan fingerprint density at radius 3 is 2.09 bits per heavy atom. The second-order valence-electron chi connectivity index (χ2n) is 8.09. The number of rotatable bonds is 8. The van der Waals surface area contributed by atoms with E-state index in [1.807, 2.05) is 72.8 Å². The largest absolute Gasteiger partial charge is 0.369 e. The average molecular weight is 442 g/mol. The third-order valence-electron chi connectivity index (χ3n) is 6.02. The zero-order chi connectivity index (χ0) is 23.0. The molecule has 3 aromatic rings. The van der Waals surface area contributed by atoms with Gasteiger partial charge in [0.2, 0.25) is 0 Å². The van der Waals surface area contributed by atoms with E-state index in [4.69, 9.17) is 5.26 Å². The molecule has 7 nitrogen and oxygen atoms in total. The van der Waals surface area contributed by atoms with Crippen molar-refractivity contribution in [2.24, 2.45) is 0 Å². The van der Waals surface area contributed by atoms with Gasteiger partial charge < -0.3 is 10.2 Å². The number of nitriles is 1. The topological polar surface area (TPSA) is 85.4 Å². The molecule has 0 saturated carbocycles. The maximum atomic E-state index is 11.8. The third kappa shape index (κ3) is 5.48. The van der Waals surface area contributed by atoms with Crippen molar-refractivity contribution < 1.29 is 4.92 Å². The Hall–Kier alpha value is -3.89. The highest BCUT2D eigenvalue weighted by Gasteiger charge is 2.23. The summed E-state index contributed by atoms with van der Waals surface area (Å²) in [7, 11) is 0. The van der Waals surface area contributed by atoms with E-state index in [-0.39, 0.29) is 16.7 Å². The Kier molecular flexibility index (Phi) is 7.18. The highest BCUT2D eigenvalue weighted by atomic mass is 16.6. The SMILES string of the molecule is N#CCCN1CCN(c2ccc([N+](=O)[O-])c(NC(c3ccccc3)c3ccccc3)c2)CC1. The molecule has 0 bridgehead atoms. The lowest BCUT2D eigenvalue weighted by atomic mass is 9.98. The quantitative estimate of drug-likeness (QED) is 0.398. The Morgan fingerprint density at radius 2 is 1.55 bits per heavy atom. The first-order valence-electron chi connectivity index (χ1n) is 11.1. The summed E-state index contributed by atoms with van der Waals surface area (Å²) < 4.78 is 0. The second-order valence-corrected chi connectivity index (χ2v) is 8.09. The number of benzene rings is 3. The molecule has 0 aliphatic carbocycles. The fourth-order valence-electron chi connectivity index (χ4n) is 4.24. The van der Waals surface area contributed by atoms with Gasteiger partial charge in [-0.2, -0.15) is 5.26 Å². The molecule has 1 aliphatic heterocycles. The first-order valence-corrected chi connectivity index (χ1v) is 11.1. The van der Waals surface area contributed by atoms with Crippen LogP contribution in [0.25, 0.3) is 0 Å². The zero-order valence-corrected chi connectivity index (χ0v) is 18.4. The number of nitro groups is 1. The molecule has 4 rings (SSSR count). The van der Waals surface area contributed by atoms with Gasteiger partial charge in [-0.15, -0.1) is 0 Å². The van der Waals surface area contributed by atoms with E-state index in [1.165, 1.54) is 0 Å². The Balaban J connectivity index is 1.62.